The van der Waals surface area contributed by atoms with Crippen LogP contribution in [0.25, 0.3) is 0 Å². The second-order valence-corrected chi connectivity index (χ2v) is 10.2. The molecule has 1 fully saturated rings. The quantitative estimate of drug-likeness (QED) is 0.457. The molecule has 1 heterocycles. The largest absolute Gasteiger partial charge is 0.462 e. The van der Waals surface area contributed by atoms with E-state index in [9.17, 15) is 9.59 Å². The molecule has 0 radical (unpaired) electrons. The van der Waals surface area contributed by atoms with Gasteiger partial charge in [0.1, 0.15) is 12.0 Å². The molecule has 5 rings (SSSR count). The van der Waals surface area contributed by atoms with Gasteiger partial charge in [-0.15, -0.1) is 0 Å². The van der Waals surface area contributed by atoms with Crippen LogP contribution in [0.2, 0.25) is 5.02 Å². The molecule has 0 amide bonds. The third-order valence-corrected chi connectivity index (χ3v) is 7.73. The third kappa shape index (κ3) is 4.61. The summed E-state index contributed by atoms with van der Waals surface area (Å²) >= 11 is 6.17. The fourth-order valence-corrected chi connectivity index (χ4v) is 5.90. The number of nitrogens with zero attached hydrogens (tertiary/aromatic N) is 1. The molecule has 1 aliphatic heterocycles. The summed E-state index contributed by atoms with van der Waals surface area (Å²) in [6, 6.07) is 17.6. The van der Waals surface area contributed by atoms with Crippen LogP contribution in [0.4, 0.5) is 0 Å². The van der Waals surface area contributed by atoms with Crippen molar-refractivity contribution >= 4 is 29.1 Å². The Morgan fingerprint density at radius 1 is 0.941 bits per heavy atom. The van der Waals surface area contributed by atoms with E-state index in [2.05, 4.69) is 12.1 Å². The molecule has 2 aromatic rings. The molecule has 1 saturated carbocycles. The minimum Gasteiger partial charge on any atom is -0.462 e. The lowest BCUT2D eigenvalue weighted by Crippen LogP contribution is -2.39. The first-order valence-electron chi connectivity index (χ1n) is 12.3. The number of ether oxygens (including phenoxy) is 1. The standard InChI is InChI=1S/C29H30ClNO3/c1-18-26(29(33)34-23-10-6-3-7-11-23)27(20-12-14-22(30)15-13-20)28-24(31-18)16-21(17-25(28)32)19-8-4-2-5-9-19/h2,4-5,8-9,12-15,21,23,26-27H,3,6-7,10-11,16-17H2,1H3/t21-,26?,27-/m1/s1. The van der Waals surface area contributed by atoms with Crippen molar-refractivity contribution < 1.29 is 14.3 Å². The number of hydrogen-bond donors (Lipinski definition) is 0. The molecule has 0 bridgehead atoms. The average Bonchev–Trinajstić information content (AvgIpc) is 2.84. The molecular weight excluding hydrogens is 446 g/mol. The van der Waals surface area contributed by atoms with E-state index in [1.165, 1.54) is 6.42 Å². The van der Waals surface area contributed by atoms with Gasteiger partial charge < -0.3 is 4.74 Å². The highest BCUT2D eigenvalue weighted by atomic mass is 35.5. The second kappa shape index (κ2) is 9.87. The van der Waals surface area contributed by atoms with Gasteiger partial charge in [-0.25, -0.2) is 0 Å². The molecule has 4 nitrogen and oxygen atoms in total. The van der Waals surface area contributed by atoms with Crippen molar-refractivity contribution in [2.45, 2.75) is 69.8 Å². The van der Waals surface area contributed by atoms with Gasteiger partial charge in [0, 0.05) is 34.3 Å². The summed E-state index contributed by atoms with van der Waals surface area (Å²) in [7, 11) is 0. The fourth-order valence-electron chi connectivity index (χ4n) is 5.78. The highest BCUT2D eigenvalue weighted by molar-refractivity contribution is 6.30. The van der Waals surface area contributed by atoms with Crippen LogP contribution < -0.4 is 0 Å². The summed E-state index contributed by atoms with van der Waals surface area (Å²) in [5.41, 5.74) is 4.26. The van der Waals surface area contributed by atoms with Crippen LogP contribution in [0.5, 0.6) is 0 Å². The van der Waals surface area contributed by atoms with Crippen molar-refractivity contribution in [3.63, 3.8) is 0 Å². The third-order valence-electron chi connectivity index (χ3n) is 7.48. The number of halogens is 1. The average molecular weight is 476 g/mol. The monoisotopic (exact) mass is 475 g/mol. The van der Waals surface area contributed by atoms with Crippen molar-refractivity contribution in [1.82, 2.24) is 0 Å². The summed E-state index contributed by atoms with van der Waals surface area (Å²) in [5.74, 6) is -1.09. The van der Waals surface area contributed by atoms with Gasteiger partial charge in [-0.05, 0) is 68.2 Å². The Balaban J connectivity index is 1.52. The Hall–Kier alpha value is -2.72. The normalized spacial score (nSPS) is 25.5. The smallest absolute Gasteiger partial charge is 0.315 e. The minimum atomic E-state index is -0.598. The molecule has 2 aromatic carbocycles. The van der Waals surface area contributed by atoms with Gasteiger partial charge in [0.05, 0.1) is 0 Å². The zero-order valence-electron chi connectivity index (χ0n) is 19.5. The molecule has 0 saturated heterocycles. The number of carbonyl (C=O) groups is 2. The molecule has 5 heteroatoms. The molecule has 0 N–H and O–H groups in total. The van der Waals surface area contributed by atoms with E-state index in [0.717, 1.165) is 48.2 Å². The van der Waals surface area contributed by atoms with E-state index in [0.29, 0.717) is 23.4 Å². The number of Topliss-reactive ketones (excluding diaryl/α,β-unsaturated/α-hetero) is 1. The van der Waals surface area contributed by atoms with E-state index in [1.807, 2.05) is 49.4 Å². The zero-order valence-corrected chi connectivity index (χ0v) is 20.3. The van der Waals surface area contributed by atoms with E-state index in [4.69, 9.17) is 21.3 Å². The van der Waals surface area contributed by atoms with Crippen molar-refractivity contribution in [3.8, 4) is 0 Å². The van der Waals surface area contributed by atoms with E-state index in [-0.39, 0.29) is 23.8 Å². The van der Waals surface area contributed by atoms with Crippen molar-refractivity contribution in [1.29, 1.82) is 0 Å². The molecule has 176 valence electrons. The topological polar surface area (TPSA) is 55.7 Å². The number of aliphatic imine (C=N–C) groups is 1. The first-order chi connectivity index (χ1) is 16.5. The van der Waals surface area contributed by atoms with Crippen LogP contribution in [0.3, 0.4) is 0 Å². The summed E-state index contributed by atoms with van der Waals surface area (Å²) < 4.78 is 6.00. The van der Waals surface area contributed by atoms with E-state index >= 15 is 0 Å². The number of ketones is 1. The molecule has 3 atom stereocenters. The van der Waals surface area contributed by atoms with E-state index in [1.54, 1.807) is 0 Å². The number of esters is 1. The summed E-state index contributed by atoms with van der Waals surface area (Å²) in [5, 5.41) is 0.625. The molecule has 0 spiro atoms. The zero-order chi connectivity index (χ0) is 23.7. The summed E-state index contributed by atoms with van der Waals surface area (Å²) in [6.45, 7) is 1.90. The van der Waals surface area contributed by atoms with Crippen molar-refractivity contribution in [3.05, 3.63) is 82.0 Å². The number of hydrogen-bond acceptors (Lipinski definition) is 4. The van der Waals surface area contributed by atoms with Gasteiger partial charge in [-0.2, -0.15) is 0 Å². The maximum Gasteiger partial charge on any atom is 0.315 e. The molecule has 1 unspecified atom stereocenters. The van der Waals surface area contributed by atoms with Gasteiger partial charge >= 0.3 is 5.97 Å². The summed E-state index contributed by atoms with van der Waals surface area (Å²) in [4.78, 5) is 32.0. The van der Waals surface area contributed by atoms with Gasteiger partial charge in [0.15, 0.2) is 5.78 Å². The molecule has 3 aliphatic rings. The SMILES string of the molecule is CC1=NC2=C(C(=O)C[C@H](c3ccccc3)C2)[C@H](c2ccc(Cl)cc2)C1C(=O)OC1CCCCC1. The number of carbonyl (C=O) groups excluding carboxylic acids is 2. The Morgan fingerprint density at radius 2 is 1.65 bits per heavy atom. The van der Waals surface area contributed by atoms with Crippen molar-refractivity contribution in [2.75, 3.05) is 0 Å². The minimum absolute atomic E-state index is 0.0418. The second-order valence-electron chi connectivity index (χ2n) is 9.76. The number of benzene rings is 2. The number of rotatable bonds is 4. The lowest BCUT2D eigenvalue weighted by Gasteiger charge is -2.37. The number of allylic oxidation sites excluding steroid dienone is 2. The van der Waals surface area contributed by atoms with Crippen LogP contribution in [-0.2, 0) is 14.3 Å². The maximum atomic E-state index is 13.6. The Bertz CT molecular complexity index is 1130. The predicted octanol–water partition coefficient (Wildman–Crippen LogP) is 6.79. The maximum absolute atomic E-state index is 13.6. The van der Waals surface area contributed by atoms with Gasteiger partial charge in [-0.3, -0.25) is 14.6 Å². The first-order valence-corrected chi connectivity index (χ1v) is 12.7. The molecule has 34 heavy (non-hydrogen) atoms. The Labute approximate surface area is 206 Å². The van der Waals surface area contributed by atoms with Gasteiger partial charge in [0.2, 0.25) is 0 Å². The molecule has 0 aromatic heterocycles. The van der Waals surface area contributed by atoms with Crippen LogP contribution >= 0.6 is 11.6 Å². The van der Waals surface area contributed by atoms with Crippen LogP contribution in [0.1, 0.15) is 74.8 Å². The Kier molecular flexibility index (Phi) is 6.69. The Morgan fingerprint density at radius 3 is 2.35 bits per heavy atom. The highest BCUT2D eigenvalue weighted by Gasteiger charge is 2.45. The van der Waals surface area contributed by atoms with Gasteiger partial charge in [0.25, 0.3) is 0 Å². The highest BCUT2D eigenvalue weighted by Crippen LogP contribution is 2.47. The fraction of sp³-hybridized carbons (Fsp3) is 0.414. The van der Waals surface area contributed by atoms with Gasteiger partial charge in [-0.1, -0.05) is 60.5 Å². The molecular formula is C29H30ClNO3. The summed E-state index contributed by atoms with van der Waals surface area (Å²) in [6.07, 6.45) is 6.26. The first kappa shape index (κ1) is 23.0. The van der Waals surface area contributed by atoms with Crippen LogP contribution in [0, 0.1) is 5.92 Å². The van der Waals surface area contributed by atoms with Crippen molar-refractivity contribution in [2.24, 2.45) is 10.9 Å². The molecule has 2 aliphatic carbocycles. The predicted molar refractivity (Wildman–Crippen MR) is 134 cm³/mol. The van der Waals surface area contributed by atoms with E-state index < -0.39 is 11.8 Å². The lowest BCUT2D eigenvalue weighted by atomic mass is 9.69. The van der Waals surface area contributed by atoms with Crippen LogP contribution in [-0.4, -0.2) is 23.6 Å². The van der Waals surface area contributed by atoms with Crippen LogP contribution in [0.15, 0.2) is 70.9 Å². The lowest BCUT2D eigenvalue weighted by molar-refractivity contribution is -0.153.